The minimum Gasteiger partial charge on any atom is -0.462 e. The third-order valence-corrected chi connectivity index (χ3v) is 3.78. The number of carbonyl (C=O) groups is 1. The van der Waals surface area contributed by atoms with Crippen LogP contribution in [0.15, 0.2) is 22.7 Å². The molecule has 0 aliphatic heterocycles. The van der Waals surface area contributed by atoms with Gasteiger partial charge in [0.1, 0.15) is 0 Å². The molecule has 0 spiro atoms. The van der Waals surface area contributed by atoms with Crippen LogP contribution >= 0.6 is 15.9 Å². The molecule has 0 aliphatic carbocycles. The number of esters is 1. The van der Waals surface area contributed by atoms with E-state index in [2.05, 4.69) is 35.1 Å². The Balaban J connectivity index is 2.61. The van der Waals surface area contributed by atoms with E-state index in [9.17, 15) is 4.79 Å². The van der Waals surface area contributed by atoms with Gasteiger partial charge in [-0.05, 0) is 54.4 Å². The summed E-state index contributed by atoms with van der Waals surface area (Å²) >= 11 is 3.51. The van der Waals surface area contributed by atoms with Crippen LogP contribution in [0.2, 0.25) is 0 Å². The maximum absolute atomic E-state index is 11.6. The molecule has 20 heavy (non-hydrogen) atoms. The third-order valence-electron chi connectivity index (χ3n) is 3.12. The topological polar surface area (TPSA) is 38.3 Å². The largest absolute Gasteiger partial charge is 0.462 e. The summed E-state index contributed by atoms with van der Waals surface area (Å²) in [6.07, 6.45) is 4.91. The molecule has 0 bridgehead atoms. The second kappa shape index (κ2) is 9.01. The van der Waals surface area contributed by atoms with E-state index in [-0.39, 0.29) is 5.97 Å². The predicted molar refractivity (Wildman–Crippen MR) is 87.3 cm³/mol. The minimum atomic E-state index is -0.282. The highest BCUT2D eigenvalue weighted by Crippen LogP contribution is 2.25. The molecule has 4 heteroatoms. The molecule has 0 fully saturated rings. The van der Waals surface area contributed by atoms with E-state index < -0.39 is 0 Å². The molecule has 0 aliphatic rings. The Bertz CT molecular complexity index is 434. The summed E-state index contributed by atoms with van der Waals surface area (Å²) in [6.45, 7) is 6.59. The van der Waals surface area contributed by atoms with Crippen LogP contribution in [-0.2, 0) is 4.74 Å². The van der Waals surface area contributed by atoms with E-state index in [1.165, 1.54) is 19.3 Å². The maximum atomic E-state index is 11.6. The molecule has 0 saturated carbocycles. The Morgan fingerprint density at radius 1 is 1.35 bits per heavy atom. The number of hydrogen-bond donors (Lipinski definition) is 1. The lowest BCUT2D eigenvalue weighted by Crippen LogP contribution is -2.15. The Hall–Kier alpha value is -1.03. The van der Waals surface area contributed by atoms with Crippen molar-refractivity contribution in [1.29, 1.82) is 0 Å². The molecule has 0 aromatic heterocycles. The van der Waals surface area contributed by atoms with Crippen LogP contribution < -0.4 is 5.32 Å². The first kappa shape index (κ1) is 17.0. The van der Waals surface area contributed by atoms with Crippen LogP contribution in [0, 0.1) is 0 Å². The molecule has 1 aromatic rings. The summed E-state index contributed by atoms with van der Waals surface area (Å²) < 4.78 is 5.88. The predicted octanol–water partition coefficient (Wildman–Crippen LogP) is 5.01. The van der Waals surface area contributed by atoms with Gasteiger partial charge in [-0.3, -0.25) is 0 Å². The number of anilines is 1. The maximum Gasteiger partial charge on any atom is 0.338 e. The number of hydrogen-bond acceptors (Lipinski definition) is 3. The number of benzene rings is 1. The van der Waals surface area contributed by atoms with Crippen LogP contribution in [0.5, 0.6) is 0 Å². The number of unbranched alkanes of at least 4 members (excludes halogenated alkanes) is 2. The quantitative estimate of drug-likeness (QED) is 0.533. The van der Waals surface area contributed by atoms with E-state index in [0.717, 1.165) is 16.6 Å². The number of carbonyl (C=O) groups excluding carboxylic acids is 1. The minimum absolute atomic E-state index is 0.282. The van der Waals surface area contributed by atoms with Crippen molar-refractivity contribution in [2.45, 2.75) is 52.5 Å². The van der Waals surface area contributed by atoms with Crippen LogP contribution in [0.4, 0.5) is 5.69 Å². The Labute approximate surface area is 130 Å². The van der Waals surface area contributed by atoms with Gasteiger partial charge in [0.15, 0.2) is 0 Å². The van der Waals surface area contributed by atoms with Gasteiger partial charge in [0.05, 0.1) is 12.2 Å². The third kappa shape index (κ3) is 5.53. The van der Waals surface area contributed by atoms with Gasteiger partial charge in [-0.15, -0.1) is 0 Å². The Morgan fingerprint density at radius 2 is 2.10 bits per heavy atom. The fraction of sp³-hybridized carbons (Fsp3) is 0.562. The highest BCUT2D eigenvalue weighted by molar-refractivity contribution is 9.10. The Kier molecular flexibility index (Phi) is 7.67. The molecule has 0 radical (unpaired) electrons. The zero-order valence-corrected chi connectivity index (χ0v) is 14.1. The molecule has 0 heterocycles. The fourth-order valence-corrected chi connectivity index (χ4v) is 2.50. The molecular formula is C16H24BrNO2. The van der Waals surface area contributed by atoms with E-state index in [1.54, 1.807) is 19.1 Å². The van der Waals surface area contributed by atoms with Crippen molar-refractivity contribution in [3.8, 4) is 0 Å². The average Bonchev–Trinajstić information content (AvgIpc) is 2.41. The smallest absolute Gasteiger partial charge is 0.338 e. The van der Waals surface area contributed by atoms with Gasteiger partial charge >= 0.3 is 5.97 Å². The first-order valence-corrected chi connectivity index (χ1v) is 8.11. The number of nitrogens with one attached hydrogen (secondary N) is 1. The van der Waals surface area contributed by atoms with Gasteiger partial charge in [-0.2, -0.15) is 0 Å². The van der Waals surface area contributed by atoms with Crippen LogP contribution in [-0.4, -0.2) is 18.6 Å². The van der Waals surface area contributed by atoms with Crippen molar-refractivity contribution in [2.24, 2.45) is 0 Å². The zero-order valence-electron chi connectivity index (χ0n) is 12.5. The summed E-state index contributed by atoms with van der Waals surface area (Å²) in [6, 6.07) is 5.95. The normalized spacial score (nSPS) is 12.0. The van der Waals surface area contributed by atoms with Gasteiger partial charge in [0.2, 0.25) is 0 Å². The Morgan fingerprint density at radius 3 is 2.70 bits per heavy atom. The molecule has 112 valence electrons. The van der Waals surface area contributed by atoms with Crippen molar-refractivity contribution in [1.82, 2.24) is 0 Å². The summed E-state index contributed by atoms with van der Waals surface area (Å²) in [4.78, 5) is 11.6. The highest BCUT2D eigenvalue weighted by Gasteiger charge is 2.10. The second-order valence-electron chi connectivity index (χ2n) is 4.96. The molecule has 1 atom stereocenters. The molecule has 1 N–H and O–H groups in total. The molecule has 0 amide bonds. The van der Waals surface area contributed by atoms with Crippen molar-refractivity contribution in [2.75, 3.05) is 11.9 Å². The van der Waals surface area contributed by atoms with Crippen LogP contribution in [0.25, 0.3) is 0 Å². The van der Waals surface area contributed by atoms with Gasteiger partial charge in [0, 0.05) is 16.2 Å². The number of rotatable bonds is 8. The molecule has 0 saturated heterocycles. The SMILES string of the molecule is CCCCCC(C)Nc1ccc(C(=O)OCC)cc1Br. The van der Waals surface area contributed by atoms with E-state index in [1.807, 2.05) is 6.07 Å². The second-order valence-corrected chi connectivity index (χ2v) is 5.81. The molecule has 3 nitrogen and oxygen atoms in total. The summed E-state index contributed by atoms with van der Waals surface area (Å²) in [7, 11) is 0. The number of ether oxygens (including phenoxy) is 1. The summed E-state index contributed by atoms with van der Waals surface area (Å²) in [5, 5.41) is 3.47. The van der Waals surface area contributed by atoms with Gasteiger partial charge < -0.3 is 10.1 Å². The monoisotopic (exact) mass is 341 g/mol. The summed E-state index contributed by atoms with van der Waals surface area (Å²) in [5.74, 6) is -0.282. The van der Waals surface area contributed by atoms with Crippen molar-refractivity contribution < 1.29 is 9.53 Å². The van der Waals surface area contributed by atoms with Gasteiger partial charge in [-0.25, -0.2) is 4.79 Å². The van der Waals surface area contributed by atoms with Crippen molar-refractivity contribution >= 4 is 27.6 Å². The van der Waals surface area contributed by atoms with E-state index >= 15 is 0 Å². The molecule has 1 rings (SSSR count). The molecule has 1 unspecified atom stereocenters. The van der Waals surface area contributed by atoms with Gasteiger partial charge in [-0.1, -0.05) is 26.2 Å². The zero-order chi connectivity index (χ0) is 15.0. The van der Waals surface area contributed by atoms with Crippen molar-refractivity contribution in [3.63, 3.8) is 0 Å². The van der Waals surface area contributed by atoms with E-state index in [0.29, 0.717) is 18.2 Å². The lowest BCUT2D eigenvalue weighted by Gasteiger charge is -2.16. The average molecular weight is 342 g/mol. The van der Waals surface area contributed by atoms with Crippen LogP contribution in [0.1, 0.15) is 56.8 Å². The lowest BCUT2D eigenvalue weighted by molar-refractivity contribution is 0.0526. The van der Waals surface area contributed by atoms with Gasteiger partial charge in [0.25, 0.3) is 0 Å². The first-order valence-electron chi connectivity index (χ1n) is 7.31. The highest BCUT2D eigenvalue weighted by atomic mass is 79.9. The molecular weight excluding hydrogens is 318 g/mol. The first-order chi connectivity index (χ1) is 9.58. The fourth-order valence-electron chi connectivity index (χ4n) is 2.01. The molecule has 1 aromatic carbocycles. The lowest BCUT2D eigenvalue weighted by atomic mass is 10.1. The van der Waals surface area contributed by atoms with E-state index in [4.69, 9.17) is 4.74 Å². The van der Waals surface area contributed by atoms with Crippen LogP contribution in [0.3, 0.4) is 0 Å². The number of halogens is 1. The van der Waals surface area contributed by atoms with Crippen molar-refractivity contribution in [3.05, 3.63) is 28.2 Å². The summed E-state index contributed by atoms with van der Waals surface area (Å²) in [5.41, 5.74) is 1.59. The standard InChI is InChI=1S/C16H24BrNO2/c1-4-6-7-8-12(3)18-15-10-9-13(11-14(15)17)16(19)20-5-2/h9-12,18H,4-8H2,1-3H3.